The first kappa shape index (κ1) is 16.1. The van der Waals surface area contributed by atoms with Crippen molar-refractivity contribution in [1.29, 1.82) is 0 Å². The first-order valence-corrected chi connectivity index (χ1v) is 8.02. The molecule has 4 heteroatoms. The summed E-state index contributed by atoms with van der Waals surface area (Å²) in [6.07, 6.45) is 3.78. The average molecular weight is 292 g/mol. The normalized spacial score (nSPS) is 18.9. The fraction of sp³-hybridized carbons (Fsp3) is 0.647. The van der Waals surface area contributed by atoms with Crippen molar-refractivity contribution in [2.75, 3.05) is 33.3 Å². The van der Waals surface area contributed by atoms with Crippen LogP contribution in [0.15, 0.2) is 18.2 Å². The molecular weight excluding hydrogens is 264 g/mol. The molecule has 1 unspecified atom stereocenters. The number of aromatic hydroxyl groups is 1. The fourth-order valence-electron chi connectivity index (χ4n) is 3.07. The highest BCUT2D eigenvalue weighted by Gasteiger charge is 2.17. The molecule has 1 heterocycles. The fourth-order valence-corrected chi connectivity index (χ4v) is 3.07. The molecule has 1 atom stereocenters. The Labute approximate surface area is 128 Å². The summed E-state index contributed by atoms with van der Waals surface area (Å²) in [5.41, 5.74) is 1.20. The van der Waals surface area contributed by atoms with Gasteiger partial charge in [0, 0.05) is 13.1 Å². The van der Waals surface area contributed by atoms with E-state index in [9.17, 15) is 5.11 Å². The molecule has 0 aromatic heterocycles. The van der Waals surface area contributed by atoms with Crippen LogP contribution < -0.4 is 10.1 Å². The third-order valence-corrected chi connectivity index (χ3v) is 4.11. The lowest BCUT2D eigenvalue weighted by molar-refractivity contribution is 0.201. The second-order valence-corrected chi connectivity index (χ2v) is 5.95. The van der Waals surface area contributed by atoms with Gasteiger partial charge in [0.05, 0.1) is 7.11 Å². The Hall–Kier alpha value is -1.26. The molecule has 1 aliphatic heterocycles. The van der Waals surface area contributed by atoms with Crippen LogP contribution >= 0.6 is 0 Å². The minimum Gasteiger partial charge on any atom is -0.504 e. The number of rotatable bonds is 7. The van der Waals surface area contributed by atoms with Crippen molar-refractivity contribution in [3.8, 4) is 11.5 Å². The summed E-state index contributed by atoms with van der Waals surface area (Å²) in [7, 11) is 1.59. The molecule has 2 N–H and O–H groups in total. The highest BCUT2D eigenvalue weighted by Crippen LogP contribution is 2.27. The number of hydrogen-bond acceptors (Lipinski definition) is 4. The number of piperidine rings is 1. The van der Waals surface area contributed by atoms with E-state index in [0.717, 1.165) is 38.5 Å². The summed E-state index contributed by atoms with van der Waals surface area (Å²) in [5.74, 6) is 1.52. The van der Waals surface area contributed by atoms with Crippen LogP contribution in [-0.4, -0.2) is 43.3 Å². The Morgan fingerprint density at radius 3 is 2.95 bits per heavy atom. The molecule has 1 aliphatic rings. The minimum absolute atomic E-state index is 0.208. The van der Waals surface area contributed by atoms with Gasteiger partial charge in [-0.1, -0.05) is 13.0 Å². The Kier molecular flexibility index (Phi) is 6.33. The number of phenolic OH excluding ortho intramolecular Hbond substituents is 1. The van der Waals surface area contributed by atoms with Gasteiger partial charge in [-0.15, -0.1) is 0 Å². The van der Waals surface area contributed by atoms with Gasteiger partial charge in [-0.2, -0.15) is 0 Å². The second kappa shape index (κ2) is 8.25. The van der Waals surface area contributed by atoms with Crippen molar-refractivity contribution in [2.24, 2.45) is 5.92 Å². The van der Waals surface area contributed by atoms with Crippen LogP contribution in [0, 0.1) is 5.92 Å². The quantitative estimate of drug-likeness (QED) is 0.811. The number of benzene rings is 1. The maximum atomic E-state index is 9.69. The number of phenols is 1. The lowest BCUT2D eigenvalue weighted by Gasteiger charge is -2.30. The molecule has 0 saturated carbocycles. The monoisotopic (exact) mass is 292 g/mol. The van der Waals surface area contributed by atoms with Crippen LogP contribution in [0.3, 0.4) is 0 Å². The summed E-state index contributed by atoms with van der Waals surface area (Å²) in [6, 6.07) is 5.65. The Balaban J connectivity index is 1.97. The van der Waals surface area contributed by atoms with E-state index in [2.05, 4.69) is 17.1 Å². The zero-order valence-electron chi connectivity index (χ0n) is 13.3. The van der Waals surface area contributed by atoms with Gasteiger partial charge in [-0.25, -0.2) is 0 Å². The summed E-state index contributed by atoms with van der Waals surface area (Å²) >= 11 is 0. The Morgan fingerprint density at radius 2 is 2.29 bits per heavy atom. The van der Waals surface area contributed by atoms with Crippen molar-refractivity contribution in [2.45, 2.75) is 32.7 Å². The third-order valence-electron chi connectivity index (χ3n) is 4.11. The molecule has 21 heavy (non-hydrogen) atoms. The second-order valence-electron chi connectivity index (χ2n) is 5.95. The van der Waals surface area contributed by atoms with Gasteiger partial charge in [0.2, 0.25) is 0 Å². The van der Waals surface area contributed by atoms with Crippen molar-refractivity contribution in [1.82, 2.24) is 10.2 Å². The van der Waals surface area contributed by atoms with E-state index in [4.69, 9.17) is 4.74 Å². The van der Waals surface area contributed by atoms with Crippen LogP contribution in [0.5, 0.6) is 11.5 Å². The van der Waals surface area contributed by atoms with Crippen LogP contribution in [0.2, 0.25) is 0 Å². The zero-order chi connectivity index (χ0) is 15.1. The maximum Gasteiger partial charge on any atom is 0.160 e. The molecule has 1 saturated heterocycles. The van der Waals surface area contributed by atoms with Crippen molar-refractivity contribution in [3.63, 3.8) is 0 Å². The summed E-state index contributed by atoms with van der Waals surface area (Å²) < 4.78 is 5.20. The molecule has 2 rings (SSSR count). The molecule has 0 aliphatic carbocycles. The minimum atomic E-state index is 0.208. The van der Waals surface area contributed by atoms with Crippen molar-refractivity contribution < 1.29 is 9.84 Å². The summed E-state index contributed by atoms with van der Waals surface area (Å²) in [6.45, 7) is 7.70. The smallest absolute Gasteiger partial charge is 0.160 e. The van der Waals surface area contributed by atoms with Gasteiger partial charge >= 0.3 is 0 Å². The van der Waals surface area contributed by atoms with Crippen molar-refractivity contribution in [3.05, 3.63) is 23.8 Å². The number of nitrogens with one attached hydrogen (secondary N) is 1. The van der Waals surface area contributed by atoms with E-state index in [0.29, 0.717) is 5.75 Å². The van der Waals surface area contributed by atoms with Gasteiger partial charge in [0.15, 0.2) is 11.5 Å². The molecule has 118 valence electrons. The van der Waals surface area contributed by atoms with E-state index in [1.165, 1.54) is 24.9 Å². The molecule has 0 spiro atoms. The predicted molar refractivity (Wildman–Crippen MR) is 85.8 cm³/mol. The average Bonchev–Trinajstić information content (AvgIpc) is 2.50. The third kappa shape index (κ3) is 4.90. The first-order chi connectivity index (χ1) is 10.2. The van der Waals surface area contributed by atoms with E-state index < -0.39 is 0 Å². The number of methoxy groups -OCH3 is 1. The van der Waals surface area contributed by atoms with Gasteiger partial charge < -0.3 is 15.2 Å². The summed E-state index contributed by atoms with van der Waals surface area (Å²) in [5, 5.41) is 13.2. The van der Waals surface area contributed by atoms with Crippen LogP contribution in [0.25, 0.3) is 0 Å². The standard InChI is InChI=1S/C17H28N2O2/c1-3-9-19(13-15-5-4-8-18-11-15)12-14-6-7-16(20)17(10-14)21-2/h6-7,10,15,18,20H,3-5,8-9,11-13H2,1-2H3. The first-order valence-electron chi connectivity index (χ1n) is 8.02. The maximum absolute atomic E-state index is 9.69. The Morgan fingerprint density at radius 1 is 1.43 bits per heavy atom. The van der Waals surface area contributed by atoms with E-state index >= 15 is 0 Å². The molecule has 0 amide bonds. The van der Waals surface area contributed by atoms with Crippen molar-refractivity contribution >= 4 is 0 Å². The number of hydrogen-bond donors (Lipinski definition) is 2. The molecule has 4 nitrogen and oxygen atoms in total. The highest BCUT2D eigenvalue weighted by atomic mass is 16.5. The zero-order valence-corrected chi connectivity index (χ0v) is 13.3. The molecular formula is C17H28N2O2. The molecule has 1 fully saturated rings. The van der Waals surface area contributed by atoms with Crippen LogP contribution in [-0.2, 0) is 6.54 Å². The Bertz CT molecular complexity index is 431. The number of ether oxygens (including phenoxy) is 1. The van der Waals surface area contributed by atoms with Gasteiger partial charge in [0.1, 0.15) is 0 Å². The van der Waals surface area contributed by atoms with Crippen LogP contribution in [0.4, 0.5) is 0 Å². The van der Waals surface area contributed by atoms with E-state index in [-0.39, 0.29) is 5.75 Å². The SMILES string of the molecule is CCCN(Cc1ccc(O)c(OC)c1)CC1CCCNC1. The van der Waals surface area contributed by atoms with Gasteiger partial charge in [0.25, 0.3) is 0 Å². The van der Waals surface area contributed by atoms with E-state index in [1.54, 1.807) is 13.2 Å². The molecule has 1 aromatic carbocycles. The summed E-state index contributed by atoms with van der Waals surface area (Å²) in [4.78, 5) is 2.52. The largest absolute Gasteiger partial charge is 0.504 e. The highest BCUT2D eigenvalue weighted by molar-refractivity contribution is 5.41. The molecule has 0 bridgehead atoms. The molecule has 1 aromatic rings. The lowest BCUT2D eigenvalue weighted by Crippen LogP contribution is -2.38. The molecule has 0 radical (unpaired) electrons. The lowest BCUT2D eigenvalue weighted by atomic mass is 9.98. The predicted octanol–water partition coefficient (Wildman–Crippen LogP) is 2.61. The van der Waals surface area contributed by atoms with Crippen LogP contribution in [0.1, 0.15) is 31.7 Å². The van der Waals surface area contributed by atoms with Gasteiger partial charge in [-0.3, -0.25) is 4.90 Å². The number of nitrogens with zero attached hydrogens (tertiary/aromatic N) is 1. The van der Waals surface area contributed by atoms with Gasteiger partial charge in [-0.05, 0) is 62.5 Å². The topological polar surface area (TPSA) is 44.7 Å². The van der Waals surface area contributed by atoms with E-state index in [1.807, 2.05) is 12.1 Å².